The van der Waals surface area contributed by atoms with Crippen molar-refractivity contribution in [2.75, 3.05) is 5.75 Å². The fourth-order valence-electron chi connectivity index (χ4n) is 2.72. The molecule has 8 heteroatoms. The first kappa shape index (κ1) is 15.8. The molecule has 2 rings (SSSR count). The number of carbonyl (C=O) groups excluding carboxylic acids is 1. The van der Waals surface area contributed by atoms with Gasteiger partial charge in [0.05, 0.1) is 4.92 Å². The van der Waals surface area contributed by atoms with Crippen molar-refractivity contribution in [3.05, 3.63) is 21.5 Å². The van der Waals surface area contributed by atoms with Gasteiger partial charge in [0.25, 0.3) is 5.91 Å². The molecule has 1 fully saturated rings. The maximum Gasteiger partial charge on any atom is 0.322 e. The van der Waals surface area contributed by atoms with Gasteiger partial charge in [-0.15, -0.1) is 0 Å². The maximum absolute atomic E-state index is 12.3. The minimum atomic E-state index is -0.563. The molecule has 1 aromatic rings. The predicted octanol–water partition coefficient (Wildman–Crippen LogP) is 2.42. The molecule has 0 radical (unpaired) electrons. The summed E-state index contributed by atoms with van der Waals surface area (Å²) >= 11 is 1.84. The van der Waals surface area contributed by atoms with Crippen molar-refractivity contribution >= 4 is 23.4 Å². The SMILES string of the molecule is CCSC1CCCCC1NC(=O)c1n[nH]c(C)c1[N+](=O)[O-]. The zero-order valence-corrected chi connectivity index (χ0v) is 13.0. The number of nitrogens with one attached hydrogen (secondary N) is 2. The van der Waals surface area contributed by atoms with Crippen LogP contribution < -0.4 is 5.32 Å². The van der Waals surface area contributed by atoms with Crippen LogP contribution in [0, 0.1) is 17.0 Å². The molecule has 2 atom stereocenters. The Kier molecular flexibility index (Phi) is 5.22. The molecular weight excluding hydrogens is 292 g/mol. The summed E-state index contributed by atoms with van der Waals surface area (Å²) in [7, 11) is 0. The molecule has 1 saturated carbocycles. The van der Waals surface area contributed by atoms with Crippen LogP contribution in [0.15, 0.2) is 0 Å². The van der Waals surface area contributed by atoms with E-state index in [9.17, 15) is 14.9 Å². The van der Waals surface area contributed by atoms with Gasteiger partial charge in [0.2, 0.25) is 5.69 Å². The van der Waals surface area contributed by atoms with Gasteiger partial charge in [-0.2, -0.15) is 16.9 Å². The van der Waals surface area contributed by atoms with Crippen LogP contribution in [0.4, 0.5) is 5.69 Å². The van der Waals surface area contributed by atoms with Gasteiger partial charge >= 0.3 is 5.69 Å². The van der Waals surface area contributed by atoms with E-state index in [4.69, 9.17) is 0 Å². The van der Waals surface area contributed by atoms with Gasteiger partial charge < -0.3 is 5.32 Å². The van der Waals surface area contributed by atoms with Gasteiger partial charge in [0.15, 0.2) is 0 Å². The topological polar surface area (TPSA) is 101 Å². The van der Waals surface area contributed by atoms with E-state index in [0.29, 0.717) is 10.9 Å². The van der Waals surface area contributed by atoms with Crippen LogP contribution in [0.1, 0.15) is 48.8 Å². The molecule has 1 aliphatic carbocycles. The Morgan fingerprint density at radius 2 is 2.24 bits per heavy atom. The van der Waals surface area contributed by atoms with Gasteiger partial charge in [-0.05, 0) is 25.5 Å². The van der Waals surface area contributed by atoms with E-state index < -0.39 is 10.8 Å². The highest BCUT2D eigenvalue weighted by atomic mass is 32.2. The third-order valence-corrected chi connectivity index (χ3v) is 5.04. The largest absolute Gasteiger partial charge is 0.347 e. The number of aromatic nitrogens is 2. The molecule has 0 spiro atoms. The van der Waals surface area contributed by atoms with E-state index in [2.05, 4.69) is 22.4 Å². The average Bonchev–Trinajstić information content (AvgIpc) is 2.83. The van der Waals surface area contributed by atoms with Crippen molar-refractivity contribution in [2.24, 2.45) is 0 Å². The zero-order chi connectivity index (χ0) is 15.4. The van der Waals surface area contributed by atoms with Crippen LogP contribution in [-0.2, 0) is 0 Å². The molecule has 0 bridgehead atoms. The smallest absolute Gasteiger partial charge is 0.322 e. The van der Waals surface area contributed by atoms with E-state index in [1.54, 1.807) is 0 Å². The lowest BCUT2D eigenvalue weighted by Gasteiger charge is -2.31. The highest BCUT2D eigenvalue weighted by Gasteiger charge is 2.31. The second kappa shape index (κ2) is 6.93. The summed E-state index contributed by atoms with van der Waals surface area (Å²) in [6.07, 6.45) is 4.24. The molecule has 1 heterocycles. The number of H-pyrrole nitrogens is 1. The average molecular weight is 312 g/mol. The second-order valence-corrected chi connectivity index (χ2v) is 6.68. The van der Waals surface area contributed by atoms with Crippen molar-refractivity contribution in [2.45, 2.75) is 50.8 Å². The maximum atomic E-state index is 12.3. The fraction of sp³-hybridized carbons (Fsp3) is 0.692. The summed E-state index contributed by atoms with van der Waals surface area (Å²) < 4.78 is 0. The molecule has 2 N–H and O–H groups in total. The fourth-order valence-corrected chi connectivity index (χ4v) is 3.92. The highest BCUT2D eigenvalue weighted by molar-refractivity contribution is 7.99. The van der Waals surface area contributed by atoms with Crippen LogP contribution >= 0.6 is 11.8 Å². The Bertz CT molecular complexity index is 529. The Morgan fingerprint density at radius 3 is 2.90 bits per heavy atom. The Hall–Kier alpha value is -1.57. The summed E-state index contributed by atoms with van der Waals surface area (Å²) in [5.74, 6) is 0.540. The summed E-state index contributed by atoms with van der Waals surface area (Å²) in [6, 6.07) is 0.0628. The van der Waals surface area contributed by atoms with Crippen LogP contribution in [0.2, 0.25) is 0 Å². The van der Waals surface area contributed by atoms with Gasteiger partial charge in [0, 0.05) is 11.3 Å². The first-order valence-corrected chi connectivity index (χ1v) is 8.21. The summed E-state index contributed by atoms with van der Waals surface area (Å²) in [5, 5.41) is 20.6. The lowest BCUT2D eigenvalue weighted by Crippen LogP contribution is -2.44. The van der Waals surface area contributed by atoms with Crippen molar-refractivity contribution < 1.29 is 9.72 Å². The van der Waals surface area contributed by atoms with Crippen LogP contribution in [0.5, 0.6) is 0 Å². The highest BCUT2D eigenvalue weighted by Crippen LogP contribution is 2.29. The third-order valence-electron chi connectivity index (χ3n) is 3.71. The Morgan fingerprint density at radius 1 is 1.52 bits per heavy atom. The molecule has 2 unspecified atom stereocenters. The number of hydrogen-bond donors (Lipinski definition) is 2. The summed E-state index contributed by atoms with van der Waals surface area (Å²) in [4.78, 5) is 22.8. The Labute approximate surface area is 127 Å². The van der Waals surface area contributed by atoms with Crippen LogP contribution in [0.3, 0.4) is 0 Å². The Balaban J connectivity index is 2.11. The molecular formula is C13H20N4O3S. The number of hydrogen-bond acceptors (Lipinski definition) is 5. The minimum absolute atomic E-state index is 0.0628. The first-order chi connectivity index (χ1) is 10.0. The summed E-state index contributed by atoms with van der Waals surface area (Å²) in [5.41, 5.74) is -0.0559. The van der Waals surface area contributed by atoms with Gasteiger partial charge in [0.1, 0.15) is 5.69 Å². The molecule has 1 aliphatic rings. The second-order valence-electron chi connectivity index (χ2n) is 5.16. The number of carbonyl (C=O) groups is 1. The van der Waals surface area contributed by atoms with Crippen molar-refractivity contribution in [1.82, 2.24) is 15.5 Å². The number of thioether (sulfide) groups is 1. The number of amides is 1. The minimum Gasteiger partial charge on any atom is -0.347 e. The lowest BCUT2D eigenvalue weighted by atomic mass is 9.94. The molecule has 0 saturated heterocycles. The van der Waals surface area contributed by atoms with Gasteiger partial charge in [-0.1, -0.05) is 19.8 Å². The van der Waals surface area contributed by atoms with Crippen LogP contribution in [-0.4, -0.2) is 38.1 Å². The molecule has 7 nitrogen and oxygen atoms in total. The standard InChI is InChI=1S/C13H20N4O3S/c1-3-21-10-7-5-4-6-9(10)14-13(18)11-12(17(19)20)8(2)15-16-11/h9-10H,3-7H2,1-2H3,(H,14,18)(H,15,16). The number of nitrogens with zero attached hydrogens (tertiary/aromatic N) is 2. The molecule has 1 aromatic heterocycles. The molecule has 0 aliphatic heterocycles. The van der Waals surface area contributed by atoms with E-state index in [1.807, 2.05) is 11.8 Å². The van der Waals surface area contributed by atoms with Crippen molar-refractivity contribution in [3.8, 4) is 0 Å². The molecule has 1 amide bonds. The quantitative estimate of drug-likeness (QED) is 0.642. The number of aryl methyl sites for hydroxylation is 1. The number of rotatable bonds is 5. The van der Waals surface area contributed by atoms with E-state index in [-0.39, 0.29) is 17.4 Å². The van der Waals surface area contributed by atoms with Gasteiger partial charge in [-0.25, -0.2) is 0 Å². The number of nitro groups is 1. The van der Waals surface area contributed by atoms with E-state index in [0.717, 1.165) is 25.0 Å². The van der Waals surface area contributed by atoms with Crippen molar-refractivity contribution in [3.63, 3.8) is 0 Å². The zero-order valence-electron chi connectivity index (χ0n) is 12.2. The van der Waals surface area contributed by atoms with E-state index in [1.165, 1.54) is 13.3 Å². The van der Waals surface area contributed by atoms with Gasteiger partial charge in [-0.3, -0.25) is 20.0 Å². The normalized spacial score (nSPS) is 22.0. The lowest BCUT2D eigenvalue weighted by molar-refractivity contribution is -0.385. The molecule has 0 aromatic carbocycles. The summed E-state index contributed by atoms with van der Waals surface area (Å²) in [6.45, 7) is 3.64. The molecule has 116 valence electrons. The molecule has 21 heavy (non-hydrogen) atoms. The monoisotopic (exact) mass is 312 g/mol. The predicted molar refractivity (Wildman–Crippen MR) is 81.6 cm³/mol. The third kappa shape index (κ3) is 3.55. The van der Waals surface area contributed by atoms with Crippen molar-refractivity contribution in [1.29, 1.82) is 0 Å². The van der Waals surface area contributed by atoms with Crippen LogP contribution in [0.25, 0.3) is 0 Å². The first-order valence-electron chi connectivity index (χ1n) is 7.16. The van der Waals surface area contributed by atoms with E-state index >= 15 is 0 Å². The number of aromatic amines is 1.